The lowest BCUT2D eigenvalue weighted by Gasteiger charge is -2.20. The number of hydrogen-bond acceptors (Lipinski definition) is 6. The van der Waals surface area contributed by atoms with Crippen molar-refractivity contribution in [3.63, 3.8) is 0 Å². The molecule has 29 heavy (non-hydrogen) atoms. The molecule has 0 radical (unpaired) electrons. The van der Waals surface area contributed by atoms with Crippen LogP contribution in [-0.2, 0) is 16.1 Å². The van der Waals surface area contributed by atoms with Crippen LogP contribution in [0.4, 0.5) is 0 Å². The molecule has 7 nitrogen and oxygen atoms in total. The van der Waals surface area contributed by atoms with E-state index in [0.29, 0.717) is 28.3 Å². The third kappa shape index (κ3) is 3.44. The van der Waals surface area contributed by atoms with Crippen LogP contribution in [0.25, 0.3) is 5.57 Å². The third-order valence-electron chi connectivity index (χ3n) is 5.33. The molecule has 0 unspecified atom stereocenters. The van der Waals surface area contributed by atoms with E-state index in [0.717, 1.165) is 31.5 Å². The molecule has 2 aliphatic heterocycles. The number of carbonyl (C=O) groups is 2. The molecule has 0 atom stereocenters. The molecule has 1 aromatic heterocycles. The van der Waals surface area contributed by atoms with E-state index in [2.05, 4.69) is 4.98 Å². The number of methoxy groups -OCH3 is 2. The monoisotopic (exact) mass is 393 g/mol. The maximum Gasteiger partial charge on any atom is 0.278 e. The van der Waals surface area contributed by atoms with Crippen molar-refractivity contribution in [2.45, 2.75) is 19.4 Å². The van der Waals surface area contributed by atoms with Crippen molar-refractivity contribution in [2.24, 2.45) is 0 Å². The number of imide groups is 1. The summed E-state index contributed by atoms with van der Waals surface area (Å²) in [5.41, 5.74) is 2.41. The first-order valence-electron chi connectivity index (χ1n) is 9.60. The molecule has 0 aliphatic carbocycles. The summed E-state index contributed by atoms with van der Waals surface area (Å²) in [6.45, 7) is 1.76. The number of rotatable bonds is 6. The predicted octanol–water partition coefficient (Wildman–Crippen LogP) is 2.47. The number of carbonyl (C=O) groups excluding carboxylic acids is 2. The first kappa shape index (κ1) is 19.0. The highest BCUT2D eigenvalue weighted by Gasteiger charge is 2.42. The number of likely N-dealkylation sites (tertiary alicyclic amines) is 1. The van der Waals surface area contributed by atoms with E-state index in [1.54, 1.807) is 44.8 Å². The van der Waals surface area contributed by atoms with Gasteiger partial charge in [0.15, 0.2) is 11.5 Å². The Morgan fingerprint density at radius 3 is 2.28 bits per heavy atom. The van der Waals surface area contributed by atoms with Gasteiger partial charge in [-0.1, -0.05) is 6.07 Å². The molecule has 3 heterocycles. The number of hydrogen-bond donors (Lipinski definition) is 0. The van der Waals surface area contributed by atoms with Crippen molar-refractivity contribution in [3.8, 4) is 11.5 Å². The van der Waals surface area contributed by atoms with Gasteiger partial charge in [-0.25, -0.2) is 0 Å². The second-order valence-electron chi connectivity index (χ2n) is 7.04. The summed E-state index contributed by atoms with van der Waals surface area (Å²) in [7, 11) is 3.11. The molecule has 1 saturated heterocycles. The topological polar surface area (TPSA) is 72.0 Å². The number of pyridine rings is 1. The average Bonchev–Trinajstić information content (AvgIpc) is 3.36. The second-order valence-corrected chi connectivity index (χ2v) is 7.04. The fourth-order valence-electron chi connectivity index (χ4n) is 3.86. The molecule has 0 saturated carbocycles. The fraction of sp³-hybridized carbons (Fsp3) is 0.318. The van der Waals surface area contributed by atoms with E-state index >= 15 is 0 Å². The lowest BCUT2D eigenvalue weighted by molar-refractivity contribution is -0.138. The molecule has 1 aromatic carbocycles. The summed E-state index contributed by atoms with van der Waals surface area (Å²) in [5.74, 6) is 0.551. The minimum absolute atomic E-state index is 0.217. The highest BCUT2D eigenvalue weighted by atomic mass is 16.5. The van der Waals surface area contributed by atoms with Crippen LogP contribution in [0.2, 0.25) is 0 Å². The van der Waals surface area contributed by atoms with Crippen molar-refractivity contribution in [1.82, 2.24) is 14.8 Å². The Balaban J connectivity index is 1.77. The van der Waals surface area contributed by atoms with E-state index in [4.69, 9.17) is 9.47 Å². The Labute approximate surface area is 169 Å². The summed E-state index contributed by atoms with van der Waals surface area (Å²) in [4.78, 5) is 34.0. The van der Waals surface area contributed by atoms with Gasteiger partial charge in [0.25, 0.3) is 11.8 Å². The van der Waals surface area contributed by atoms with E-state index < -0.39 is 0 Å². The predicted molar refractivity (Wildman–Crippen MR) is 107 cm³/mol. The Kier molecular flexibility index (Phi) is 5.20. The molecule has 2 amide bonds. The molecule has 0 spiro atoms. The summed E-state index contributed by atoms with van der Waals surface area (Å²) >= 11 is 0. The zero-order valence-corrected chi connectivity index (χ0v) is 16.6. The quantitative estimate of drug-likeness (QED) is 0.702. The number of nitrogens with zero attached hydrogens (tertiary/aromatic N) is 3. The highest BCUT2D eigenvalue weighted by molar-refractivity contribution is 6.35. The van der Waals surface area contributed by atoms with Gasteiger partial charge in [-0.3, -0.25) is 19.5 Å². The molecular formula is C22H23N3O4. The van der Waals surface area contributed by atoms with Gasteiger partial charge < -0.3 is 14.4 Å². The molecule has 2 aliphatic rings. The van der Waals surface area contributed by atoms with Gasteiger partial charge in [0.1, 0.15) is 5.70 Å². The van der Waals surface area contributed by atoms with Crippen LogP contribution < -0.4 is 9.47 Å². The normalized spacial score (nSPS) is 16.8. The molecule has 7 heteroatoms. The average molecular weight is 393 g/mol. The lowest BCUT2D eigenvalue weighted by Crippen LogP contribution is -2.34. The van der Waals surface area contributed by atoms with E-state index in [9.17, 15) is 9.59 Å². The zero-order valence-electron chi connectivity index (χ0n) is 16.6. The van der Waals surface area contributed by atoms with Crippen LogP contribution in [0, 0.1) is 0 Å². The summed E-state index contributed by atoms with van der Waals surface area (Å²) in [6.07, 6.45) is 5.33. The highest BCUT2D eigenvalue weighted by Crippen LogP contribution is 2.37. The van der Waals surface area contributed by atoms with Gasteiger partial charge >= 0.3 is 0 Å². The Bertz CT molecular complexity index is 965. The molecule has 0 N–H and O–H groups in total. The molecule has 0 bridgehead atoms. The van der Waals surface area contributed by atoms with E-state index in [1.807, 2.05) is 17.0 Å². The molecule has 2 aromatic rings. The Morgan fingerprint density at radius 2 is 1.62 bits per heavy atom. The van der Waals surface area contributed by atoms with Gasteiger partial charge in [-0.15, -0.1) is 0 Å². The van der Waals surface area contributed by atoms with E-state index in [1.165, 1.54) is 4.90 Å². The van der Waals surface area contributed by atoms with Crippen molar-refractivity contribution in [3.05, 3.63) is 59.5 Å². The minimum Gasteiger partial charge on any atom is -0.493 e. The van der Waals surface area contributed by atoms with Crippen LogP contribution in [0.5, 0.6) is 11.5 Å². The summed E-state index contributed by atoms with van der Waals surface area (Å²) in [5, 5.41) is 0. The Morgan fingerprint density at radius 1 is 0.931 bits per heavy atom. The van der Waals surface area contributed by atoms with Crippen molar-refractivity contribution >= 4 is 17.4 Å². The van der Waals surface area contributed by atoms with Crippen molar-refractivity contribution in [2.75, 3.05) is 27.3 Å². The number of amides is 2. The van der Waals surface area contributed by atoms with Crippen LogP contribution in [0.3, 0.4) is 0 Å². The van der Waals surface area contributed by atoms with Crippen LogP contribution in [0.1, 0.15) is 24.0 Å². The first-order valence-corrected chi connectivity index (χ1v) is 9.60. The molecule has 150 valence electrons. The third-order valence-corrected chi connectivity index (χ3v) is 5.33. The maximum absolute atomic E-state index is 13.4. The van der Waals surface area contributed by atoms with Gasteiger partial charge in [0.05, 0.1) is 26.3 Å². The van der Waals surface area contributed by atoms with Crippen molar-refractivity contribution in [1.29, 1.82) is 0 Å². The first-order chi connectivity index (χ1) is 14.1. The van der Waals surface area contributed by atoms with E-state index in [-0.39, 0.29) is 18.4 Å². The Hall–Kier alpha value is -3.35. The lowest BCUT2D eigenvalue weighted by atomic mass is 10.0. The van der Waals surface area contributed by atoms with Gasteiger partial charge in [-0.05, 0) is 48.2 Å². The maximum atomic E-state index is 13.4. The molecule has 4 rings (SSSR count). The molecular weight excluding hydrogens is 370 g/mol. The van der Waals surface area contributed by atoms with Gasteiger partial charge in [0.2, 0.25) is 0 Å². The molecule has 1 fully saturated rings. The van der Waals surface area contributed by atoms with Crippen LogP contribution >= 0.6 is 0 Å². The van der Waals surface area contributed by atoms with Gasteiger partial charge in [-0.2, -0.15) is 0 Å². The summed E-state index contributed by atoms with van der Waals surface area (Å²) in [6, 6.07) is 8.93. The van der Waals surface area contributed by atoms with Crippen molar-refractivity contribution < 1.29 is 19.1 Å². The number of aromatic nitrogens is 1. The minimum atomic E-state index is -0.291. The largest absolute Gasteiger partial charge is 0.493 e. The zero-order chi connectivity index (χ0) is 20.4. The smallest absolute Gasteiger partial charge is 0.278 e. The van der Waals surface area contributed by atoms with Gasteiger partial charge in [0, 0.05) is 25.5 Å². The number of benzene rings is 1. The SMILES string of the molecule is COc1ccc(C2=C(N3CCCC3)C(=O)N(Cc3ccncc3)C2=O)cc1OC. The second kappa shape index (κ2) is 7.95. The fourth-order valence-corrected chi connectivity index (χ4v) is 3.86. The number of ether oxygens (including phenoxy) is 2. The van der Waals surface area contributed by atoms with Crippen LogP contribution in [-0.4, -0.2) is 53.9 Å². The standard InChI is InChI=1S/C22H23N3O4/c1-28-17-6-5-16(13-18(17)29-2)19-20(24-11-3-4-12-24)22(27)25(21(19)26)14-15-7-9-23-10-8-15/h5-10,13H,3-4,11-12,14H2,1-2H3. The van der Waals surface area contributed by atoms with Crippen LogP contribution in [0.15, 0.2) is 48.4 Å². The summed E-state index contributed by atoms with van der Waals surface area (Å²) < 4.78 is 10.7.